The van der Waals surface area contributed by atoms with Gasteiger partial charge in [-0.15, -0.1) is 0 Å². The maximum atomic E-state index is 13.3. The average molecular weight is 447 g/mol. The Morgan fingerprint density at radius 2 is 0.933 bits per heavy atom. The molecule has 0 radical (unpaired) electrons. The molecule has 0 fully saturated rings. The second kappa shape index (κ2) is 9.69. The predicted molar refractivity (Wildman–Crippen MR) is 128 cm³/mol. The quantitative estimate of drug-likeness (QED) is 0.301. The van der Waals surface area contributed by atoms with Crippen molar-refractivity contribution < 1.29 is 4.21 Å². The van der Waals surface area contributed by atoms with Gasteiger partial charge >= 0.3 is 0 Å². The lowest BCUT2D eigenvalue weighted by Crippen LogP contribution is -1.98. The summed E-state index contributed by atoms with van der Waals surface area (Å²) in [4.78, 5) is 6.47. The molecule has 0 amide bonds. The van der Waals surface area contributed by atoms with E-state index >= 15 is 0 Å². The molecular weight excluding hydrogens is 424 g/mol. The van der Waals surface area contributed by atoms with Gasteiger partial charge in [-0.05, 0) is 85.6 Å². The number of aryl methyl sites for hydroxylation is 2. The Hall–Kier alpha value is -2.27. The zero-order chi connectivity index (χ0) is 20.9. The lowest BCUT2D eigenvalue weighted by atomic mass is 10.2. The van der Waals surface area contributed by atoms with Crippen LogP contribution in [-0.4, -0.2) is 4.21 Å². The van der Waals surface area contributed by atoms with Crippen LogP contribution in [0.4, 0.5) is 0 Å². The van der Waals surface area contributed by atoms with E-state index in [0.717, 1.165) is 30.7 Å². The topological polar surface area (TPSA) is 17.1 Å². The van der Waals surface area contributed by atoms with Gasteiger partial charge in [-0.3, -0.25) is 0 Å². The molecule has 0 spiro atoms. The highest BCUT2D eigenvalue weighted by Gasteiger charge is 2.14. The lowest BCUT2D eigenvalue weighted by molar-refractivity contribution is 0.682. The van der Waals surface area contributed by atoms with Crippen LogP contribution < -0.4 is 0 Å². The largest absolute Gasteiger partial charge is 0.249 e. The number of rotatable bonds is 6. The van der Waals surface area contributed by atoms with Crippen molar-refractivity contribution in [1.82, 2.24) is 0 Å². The number of hydrogen-bond donors (Lipinski definition) is 0. The third-order valence-electron chi connectivity index (χ3n) is 4.65. The van der Waals surface area contributed by atoms with Crippen LogP contribution in [0.15, 0.2) is 126 Å². The molecule has 0 aliphatic rings. The first kappa shape index (κ1) is 21.0. The summed E-state index contributed by atoms with van der Waals surface area (Å²) in [7, 11) is -1.20. The molecule has 30 heavy (non-hydrogen) atoms. The molecule has 0 aliphatic heterocycles. The van der Waals surface area contributed by atoms with Crippen molar-refractivity contribution in [3.05, 3.63) is 108 Å². The summed E-state index contributed by atoms with van der Waals surface area (Å²) in [5, 5.41) is 0. The smallest absolute Gasteiger partial charge is 0.0855 e. The van der Waals surface area contributed by atoms with Crippen LogP contribution in [0.1, 0.15) is 11.1 Å². The van der Waals surface area contributed by atoms with Gasteiger partial charge in [0, 0.05) is 29.4 Å². The van der Waals surface area contributed by atoms with Crippen LogP contribution in [0.5, 0.6) is 0 Å². The summed E-state index contributed by atoms with van der Waals surface area (Å²) < 4.78 is 13.3. The first-order valence-electron chi connectivity index (χ1n) is 9.69. The lowest BCUT2D eigenvalue weighted by Gasteiger charge is -2.12. The van der Waals surface area contributed by atoms with E-state index in [1.807, 2.05) is 62.4 Å². The minimum absolute atomic E-state index is 0.874. The second-order valence-corrected chi connectivity index (χ2v) is 10.7. The van der Waals surface area contributed by atoms with Gasteiger partial charge in [0.1, 0.15) is 0 Å². The SMILES string of the molecule is Cc1cc(Sc2ccccc2)ccc1S(=O)c1ccc(Sc2ccccc2)cc1C. The summed E-state index contributed by atoms with van der Waals surface area (Å²) in [6, 6.07) is 33.0. The summed E-state index contributed by atoms with van der Waals surface area (Å²) >= 11 is 3.44. The van der Waals surface area contributed by atoms with E-state index in [0.29, 0.717) is 0 Å². The molecule has 4 rings (SSSR count). The van der Waals surface area contributed by atoms with E-state index in [-0.39, 0.29) is 0 Å². The monoisotopic (exact) mass is 446 g/mol. The molecule has 150 valence electrons. The summed E-state index contributed by atoms with van der Waals surface area (Å²) in [6.07, 6.45) is 0. The van der Waals surface area contributed by atoms with Crippen molar-refractivity contribution in [3.63, 3.8) is 0 Å². The molecule has 0 N–H and O–H groups in total. The van der Waals surface area contributed by atoms with Gasteiger partial charge < -0.3 is 0 Å². The summed E-state index contributed by atoms with van der Waals surface area (Å²) in [5.41, 5.74) is 2.10. The first-order chi connectivity index (χ1) is 14.6. The highest BCUT2D eigenvalue weighted by atomic mass is 32.2. The van der Waals surface area contributed by atoms with Gasteiger partial charge in [0.2, 0.25) is 0 Å². The van der Waals surface area contributed by atoms with E-state index in [2.05, 4.69) is 48.5 Å². The van der Waals surface area contributed by atoms with Gasteiger partial charge in [0.05, 0.1) is 10.8 Å². The zero-order valence-electron chi connectivity index (χ0n) is 16.9. The Balaban J connectivity index is 1.54. The van der Waals surface area contributed by atoms with E-state index in [4.69, 9.17) is 0 Å². The van der Waals surface area contributed by atoms with Crippen molar-refractivity contribution in [2.24, 2.45) is 0 Å². The van der Waals surface area contributed by atoms with Crippen LogP contribution in [0, 0.1) is 13.8 Å². The molecular formula is C26H22OS3. The molecule has 0 aliphatic carbocycles. The average Bonchev–Trinajstić information content (AvgIpc) is 2.75. The zero-order valence-corrected chi connectivity index (χ0v) is 19.3. The van der Waals surface area contributed by atoms with Gasteiger partial charge in [-0.2, -0.15) is 0 Å². The second-order valence-electron chi connectivity index (χ2n) is 6.95. The van der Waals surface area contributed by atoms with Crippen LogP contribution in [0.3, 0.4) is 0 Å². The summed E-state index contributed by atoms with van der Waals surface area (Å²) in [6.45, 7) is 4.08. The third-order valence-corrected chi connectivity index (χ3v) is 8.36. The molecule has 1 nitrogen and oxygen atoms in total. The highest BCUT2D eigenvalue weighted by Crippen LogP contribution is 2.33. The summed E-state index contributed by atoms with van der Waals surface area (Å²) in [5.74, 6) is 0. The Morgan fingerprint density at radius 1 is 0.533 bits per heavy atom. The Morgan fingerprint density at radius 3 is 1.30 bits per heavy atom. The van der Waals surface area contributed by atoms with Crippen molar-refractivity contribution in [3.8, 4) is 0 Å². The maximum Gasteiger partial charge on any atom is 0.0855 e. The number of benzene rings is 4. The van der Waals surface area contributed by atoms with Crippen LogP contribution in [0.25, 0.3) is 0 Å². The standard InChI is InChI=1S/C26H22OS3/c1-19-17-23(28-21-9-5-3-6-10-21)13-15-25(19)30(27)26-16-14-24(18-20(26)2)29-22-11-7-4-8-12-22/h3-18H,1-2H3. The fraction of sp³-hybridized carbons (Fsp3) is 0.0769. The molecule has 0 saturated carbocycles. The minimum Gasteiger partial charge on any atom is -0.249 e. The Labute approximate surface area is 189 Å². The molecule has 4 aromatic rings. The van der Waals surface area contributed by atoms with Crippen molar-refractivity contribution in [1.29, 1.82) is 0 Å². The minimum atomic E-state index is -1.20. The van der Waals surface area contributed by atoms with Crippen molar-refractivity contribution >= 4 is 34.3 Å². The van der Waals surface area contributed by atoms with Crippen LogP contribution in [0.2, 0.25) is 0 Å². The number of hydrogen-bond acceptors (Lipinski definition) is 3. The molecule has 4 heteroatoms. The van der Waals surface area contributed by atoms with Gasteiger partial charge in [0.15, 0.2) is 0 Å². The van der Waals surface area contributed by atoms with E-state index < -0.39 is 10.8 Å². The molecule has 0 unspecified atom stereocenters. The molecule has 4 aromatic carbocycles. The van der Waals surface area contributed by atoms with E-state index in [9.17, 15) is 4.21 Å². The van der Waals surface area contributed by atoms with Crippen LogP contribution >= 0.6 is 23.5 Å². The highest BCUT2D eigenvalue weighted by molar-refractivity contribution is 7.99. The Bertz CT molecular complexity index is 1080. The Kier molecular flexibility index (Phi) is 6.78. The molecule has 0 saturated heterocycles. The fourth-order valence-corrected chi connectivity index (χ4v) is 6.35. The fourth-order valence-electron chi connectivity index (χ4n) is 3.15. The van der Waals surface area contributed by atoms with Gasteiger partial charge in [-0.1, -0.05) is 59.9 Å². The molecule has 0 bridgehead atoms. The van der Waals surface area contributed by atoms with Crippen LogP contribution in [-0.2, 0) is 10.8 Å². The van der Waals surface area contributed by atoms with E-state index in [1.54, 1.807) is 23.5 Å². The van der Waals surface area contributed by atoms with Crippen molar-refractivity contribution in [2.75, 3.05) is 0 Å². The molecule has 0 aromatic heterocycles. The molecule has 0 heterocycles. The third kappa shape index (κ3) is 5.07. The predicted octanol–water partition coefficient (Wildman–Crippen LogP) is 7.77. The normalized spacial score (nSPS) is 11.0. The first-order valence-corrected chi connectivity index (χ1v) is 12.5. The maximum absolute atomic E-state index is 13.3. The van der Waals surface area contributed by atoms with Gasteiger partial charge in [-0.25, -0.2) is 4.21 Å². The van der Waals surface area contributed by atoms with Crippen molar-refractivity contribution in [2.45, 2.75) is 43.2 Å². The van der Waals surface area contributed by atoms with E-state index in [1.165, 1.54) is 9.79 Å². The molecule has 0 atom stereocenters. The van der Waals surface area contributed by atoms with Gasteiger partial charge in [0.25, 0.3) is 0 Å².